The molecule has 0 saturated carbocycles. The lowest BCUT2D eigenvalue weighted by atomic mass is 10.2. The van der Waals surface area contributed by atoms with E-state index < -0.39 is 5.97 Å². The average molecular weight is 405 g/mol. The van der Waals surface area contributed by atoms with Gasteiger partial charge in [0.2, 0.25) is 5.91 Å². The maximum atomic E-state index is 12.0. The first kappa shape index (κ1) is 21.2. The zero-order valence-electron chi connectivity index (χ0n) is 16.5. The fourth-order valence-corrected chi connectivity index (χ4v) is 2.63. The molecule has 0 heterocycles. The summed E-state index contributed by atoms with van der Waals surface area (Å²) < 4.78 is 16.0. The van der Waals surface area contributed by atoms with Crippen LogP contribution < -0.4 is 10.1 Å². The topological polar surface area (TPSA) is 73.9 Å². The van der Waals surface area contributed by atoms with Gasteiger partial charge in [-0.15, -0.1) is 0 Å². The Balaban J connectivity index is 1.35. The van der Waals surface area contributed by atoms with E-state index in [2.05, 4.69) is 5.32 Å². The Kier molecular flexibility index (Phi) is 8.14. The fraction of sp³-hybridized carbons (Fsp3) is 0.167. The third-order valence-corrected chi connectivity index (χ3v) is 4.05. The lowest BCUT2D eigenvalue weighted by Gasteiger charge is -2.08. The van der Waals surface area contributed by atoms with E-state index in [-0.39, 0.29) is 19.1 Å². The normalized spacial score (nSPS) is 10.4. The lowest BCUT2D eigenvalue weighted by molar-refractivity contribution is -0.139. The quantitative estimate of drug-likeness (QED) is 0.408. The van der Waals surface area contributed by atoms with Gasteiger partial charge < -0.3 is 19.5 Å². The van der Waals surface area contributed by atoms with Crippen molar-refractivity contribution in [3.05, 3.63) is 96.1 Å². The third kappa shape index (κ3) is 7.50. The molecule has 3 aromatic rings. The minimum Gasteiger partial charge on any atom is -0.425 e. The second-order valence-electron chi connectivity index (χ2n) is 6.50. The molecule has 1 amide bonds. The second kappa shape index (κ2) is 11.5. The Labute approximate surface area is 175 Å². The molecule has 0 spiro atoms. The highest BCUT2D eigenvalue weighted by Gasteiger charge is 2.07. The summed E-state index contributed by atoms with van der Waals surface area (Å²) in [5.41, 5.74) is 2.57. The number of ether oxygens (including phenoxy) is 3. The number of rotatable bonds is 10. The molecule has 30 heavy (non-hydrogen) atoms. The number of esters is 1. The zero-order chi connectivity index (χ0) is 21.0. The summed E-state index contributed by atoms with van der Waals surface area (Å²) in [5.74, 6) is -0.372. The van der Waals surface area contributed by atoms with E-state index in [0.29, 0.717) is 24.7 Å². The van der Waals surface area contributed by atoms with E-state index in [9.17, 15) is 9.59 Å². The molecule has 0 saturated heterocycles. The highest BCUT2D eigenvalue weighted by atomic mass is 16.6. The molecule has 0 aliphatic rings. The first-order valence-electron chi connectivity index (χ1n) is 9.53. The Morgan fingerprint density at radius 2 is 1.20 bits per heavy atom. The van der Waals surface area contributed by atoms with E-state index >= 15 is 0 Å². The predicted molar refractivity (Wildman–Crippen MR) is 113 cm³/mol. The number of anilines is 1. The van der Waals surface area contributed by atoms with Crippen molar-refractivity contribution in [1.29, 1.82) is 0 Å². The van der Waals surface area contributed by atoms with Crippen LogP contribution in [0.3, 0.4) is 0 Å². The van der Waals surface area contributed by atoms with Crippen LogP contribution in [-0.4, -0.2) is 25.1 Å². The smallest absolute Gasteiger partial charge is 0.337 e. The number of benzene rings is 3. The van der Waals surface area contributed by atoms with Gasteiger partial charge in [-0.2, -0.15) is 0 Å². The second-order valence-corrected chi connectivity index (χ2v) is 6.50. The maximum absolute atomic E-state index is 12.0. The summed E-state index contributed by atoms with van der Waals surface area (Å²) in [6, 6.07) is 25.7. The van der Waals surface area contributed by atoms with E-state index in [1.54, 1.807) is 24.3 Å². The van der Waals surface area contributed by atoms with Crippen molar-refractivity contribution >= 4 is 17.6 Å². The van der Waals surface area contributed by atoms with Gasteiger partial charge in [-0.3, -0.25) is 4.79 Å². The minimum absolute atomic E-state index is 0.0512. The summed E-state index contributed by atoms with van der Waals surface area (Å²) in [6.45, 7) is 0.513. The van der Waals surface area contributed by atoms with Gasteiger partial charge in [0.25, 0.3) is 0 Å². The molecule has 3 aromatic carbocycles. The monoisotopic (exact) mass is 405 g/mol. The van der Waals surface area contributed by atoms with Crippen LogP contribution >= 0.6 is 0 Å². The first-order chi connectivity index (χ1) is 14.7. The third-order valence-electron chi connectivity index (χ3n) is 4.05. The molecule has 0 fully saturated rings. The van der Waals surface area contributed by atoms with Crippen molar-refractivity contribution in [3.8, 4) is 5.75 Å². The summed E-state index contributed by atoms with van der Waals surface area (Å²) >= 11 is 0. The van der Waals surface area contributed by atoms with Crippen molar-refractivity contribution in [2.45, 2.75) is 13.2 Å². The van der Waals surface area contributed by atoms with Gasteiger partial charge in [0, 0.05) is 5.69 Å². The molecule has 3 rings (SSSR count). The molecular formula is C24H23NO5. The van der Waals surface area contributed by atoms with Crippen molar-refractivity contribution in [3.63, 3.8) is 0 Å². The summed E-state index contributed by atoms with van der Waals surface area (Å²) in [4.78, 5) is 23.8. The molecule has 0 bridgehead atoms. The van der Waals surface area contributed by atoms with Crippen molar-refractivity contribution < 1.29 is 23.8 Å². The van der Waals surface area contributed by atoms with Crippen LogP contribution in [0.5, 0.6) is 5.75 Å². The molecule has 0 atom stereocenters. The van der Waals surface area contributed by atoms with Gasteiger partial charge in [-0.25, -0.2) is 4.79 Å². The largest absolute Gasteiger partial charge is 0.425 e. The SMILES string of the molecule is O=C(COCc1ccccc1)Nc1ccc(OC(=O)COCc2ccccc2)cc1. The molecule has 6 nitrogen and oxygen atoms in total. The van der Waals surface area contributed by atoms with Crippen LogP contribution in [0.2, 0.25) is 0 Å². The molecular weight excluding hydrogens is 382 g/mol. The van der Waals surface area contributed by atoms with Crippen LogP contribution in [0.4, 0.5) is 5.69 Å². The number of amides is 1. The zero-order valence-corrected chi connectivity index (χ0v) is 16.5. The Bertz CT molecular complexity index is 848. The Morgan fingerprint density at radius 3 is 1.77 bits per heavy atom. The standard InChI is InChI=1S/C24H23NO5/c26-23(17-28-15-19-7-3-1-4-8-19)25-21-11-13-22(14-12-21)30-24(27)18-29-16-20-9-5-2-6-10-20/h1-14H,15-18H2,(H,25,26). The van der Waals surface area contributed by atoms with Gasteiger partial charge in [-0.1, -0.05) is 60.7 Å². The highest BCUT2D eigenvalue weighted by molar-refractivity contribution is 5.91. The van der Waals surface area contributed by atoms with E-state index in [1.807, 2.05) is 60.7 Å². The van der Waals surface area contributed by atoms with E-state index in [1.165, 1.54) is 0 Å². The lowest BCUT2D eigenvalue weighted by Crippen LogP contribution is -2.18. The number of carbonyl (C=O) groups is 2. The maximum Gasteiger partial charge on any atom is 0.337 e. The Morgan fingerprint density at radius 1 is 0.667 bits per heavy atom. The average Bonchev–Trinajstić information content (AvgIpc) is 2.77. The molecule has 0 aromatic heterocycles. The van der Waals surface area contributed by atoms with Gasteiger partial charge in [-0.05, 0) is 35.4 Å². The molecule has 0 aliphatic heterocycles. The molecule has 0 radical (unpaired) electrons. The Hall–Kier alpha value is -3.48. The number of carbonyl (C=O) groups excluding carboxylic acids is 2. The van der Waals surface area contributed by atoms with Gasteiger partial charge >= 0.3 is 5.97 Å². The molecule has 1 N–H and O–H groups in total. The highest BCUT2D eigenvalue weighted by Crippen LogP contribution is 2.16. The number of nitrogens with one attached hydrogen (secondary N) is 1. The van der Waals surface area contributed by atoms with Gasteiger partial charge in [0.05, 0.1) is 13.2 Å². The first-order valence-corrected chi connectivity index (χ1v) is 9.53. The van der Waals surface area contributed by atoms with E-state index in [0.717, 1.165) is 11.1 Å². The predicted octanol–water partition coefficient (Wildman–Crippen LogP) is 3.96. The van der Waals surface area contributed by atoms with Crippen LogP contribution in [0.15, 0.2) is 84.9 Å². The molecule has 6 heteroatoms. The van der Waals surface area contributed by atoms with Gasteiger partial charge in [0.15, 0.2) is 0 Å². The van der Waals surface area contributed by atoms with Crippen LogP contribution in [-0.2, 0) is 32.3 Å². The number of hydrogen-bond donors (Lipinski definition) is 1. The van der Waals surface area contributed by atoms with E-state index in [4.69, 9.17) is 14.2 Å². The number of hydrogen-bond acceptors (Lipinski definition) is 5. The van der Waals surface area contributed by atoms with Crippen molar-refractivity contribution in [1.82, 2.24) is 0 Å². The van der Waals surface area contributed by atoms with Crippen LogP contribution in [0.1, 0.15) is 11.1 Å². The molecule has 0 unspecified atom stereocenters. The summed E-state index contributed by atoms with van der Waals surface area (Å²) in [5, 5.41) is 2.73. The summed E-state index contributed by atoms with van der Waals surface area (Å²) in [7, 11) is 0. The minimum atomic E-state index is -0.489. The fourth-order valence-electron chi connectivity index (χ4n) is 2.63. The van der Waals surface area contributed by atoms with Crippen molar-refractivity contribution in [2.75, 3.05) is 18.5 Å². The molecule has 154 valence electrons. The van der Waals surface area contributed by atoms with Crippen molar-refractivity contribution in [2.24, 2.45) is 0 Å². The van der Waals surface area contributed by atoms with Gasteiger partial charge in [0.1, 0.15) is 19.0 Å². The molecule has 0 aliphatic carbocycles. The van der Waals surface area contributed by atoms with Crippen LogP contribution in [0.25, 0.3) is 0 Å². The summed E-state index contributed by atoms with van der Waals surface area (Å²) in [6.07, 6.45) is 0. The van der Waals surface area contributed by atoms with Crippen LogP contribution in [0, 0.1) is 0 Å².